The molecule has 1 fully saturated rings. The number of hydrogen-bond donors (Lipinski definition) is 2. The maximum Gasteiger partial charge on any atom is 0.0871 e. The molecule has 1 aliphatic carbocycles. The molecule has 0 bridgehead atoms. The lowest BCUT2D eigenvalue weighted by molar-refractivity contribution is 0.0447. The summed E-state index contributed by atoms with van der Waals surface area (Å²) < 4.78 is 0. The van der Waals surface area contributed by atoms with Crippen LogP contribution in [0.4, 0.5) is 5.69 Å². The van der Waals surface area contributed by atoms with Gasteiger partial charge in [0.15, 0.2) is 0 Å². The van der Waals surface area contributed by atoms with Crippen molar-refractivity contribution in [2.75, 3.05) is 5.73 Å². The first-order valence-electron chi connectivity index (χ1n) is 4.62. The quantitative estimate of drug-likeness (QED) is 0.650. The van der Waals surface area contributed by atoms with Gasteiger partial charge in [0, 0.05) is 5.69 Å². The summed E-state index contributed by atoms with van der Waals surface area (Å²) in [4.78, 5) is 0. The minimum Gasteiger partial charge on any atom is -0.399 e. The summed E-state index contributed by atoms with van der Waals surface area (Å²) >= 11 is 0. The highest BCUT2D eigenvalue weighted by Crippen LogP contribution is 2.43. The zero-order valence-corrected chi connectivity index (χ0v) is 7.77. The van der Waals surface area contributed by atoms with Crippen molar-refractivity contribution in [3.63, 3.8) is 0 Å². The number of nitrogens with two attached hydrogens (primary N) is 1. The van der Waals surface area contributed by atoms with Crippen molar-refractivity contribution in [2.45, 2.75) is 24.4 Å². The molecule has 0 unspecified atom stereocenters. The molecule has 72 valence electrons. The summed E-state index contributed by atoms with van der Waals surface area (Å²) in [5.74, 6) is 0. The van der Waals surface area contributed by atoms with Gasteiger partial charge in [0.2, 0.25) is 0 Å². The second-order valence-corrected chi connectivity index (χ2v) is 3.88. The highest BCUT2D eigenvalue weighted by atomic mass is 16.3. The molecule has 0 atom stereocenters. The van der Waals surface area contributed by atoms with Gasteiger partial charge in [-0.05, 0) is 30.5 Å². The predicted octanol–water partition coefficient (Wildman–Crippen LogP) is 1.18. The molecule has 0 saturated heterocycles. The van der Waals surface area contributed by atoms with E-state index in [4.69, 9.17) is 11.0 Å². The Morgan fingerprint density at radius 3 is 2.36 bits per heavy atom. The maximum atomic E-state index is 9.25. The number of aliphatic hydroxyl groups is 1. The van der Waals surface area contributed by atoms with Crippen molar-refractivity contribution >= 4 is 5.69 Å². The topological polar surface area (TPSA) is 70.0 Å². The Morgan fingerprint density at radius 2 is 1.93 bits per heavy atom. The van der Waals surface area contributed by atoms with Crippen molar-refractivity contribution in [3.8, 4) is 6.07 Å². The van der Waals surface area contributed by atoms with Crippen molar-refractivity contribution in [3.05, 3.63) is 29.8 Å². The lowest BCUT2D eigenvalue weighted by atomic mass is 9.64. The SMILES string of the molecule is N#CC1(c2ccc(N)cc2)CC(O)C1. The van der Waals surface area contributed by atoms with E-state index in [2.05, 4.69) is 6.07 Å². The summed E-state index contributed by atoms with van der Waals surface area (Å²) in [5, 5.41) is 18.3. The molecule has 0 heterocycles. The van der Waals surface area contributed by atoms with E-state index in [1.807, 2.05) is 12.1 Å². The van der Waals surface area contributed by atoms with Crippen molar-refractivity contribution in [1.82, 2.24) is 0 Å². The van der Waals surface area contributed by atoms with Gasteiger partial charge < -0.3 is 10.8 Å². The fourth-order valence-electron chi connectivity index (χ4n) is 1.94. The summed E-state index contributed by atoms with van der Waals surface area (Å²) in [6.45, 7) is 0. The lowest BCUT2D eigenvalue weighted by Gasteiger charge is -2.40. The van der Waals surface area contributed by atoms with E-state index in [9.17, 15) is 5.11 Å². The number of benzene rings is 1. The predicted molar refractivity (Wildman–Crippen MR) is 53.4 cm³/mol. The van der Waals surface area contributed by atoms with Gasteiger partial charge in [-0.2, -0.15) is 5.26 Å². The normalized spacial score (nSPS) is 30.4. The second-order valence-electron chi connectivity index (χ2n) is 3.88. The fraction of sp³-hybridized carbons (Fsp3) is 0.364. The molecule has 1 aliphatic rings. The third-order valence-corrected chi connectivity index (χ3v) is 2.85. The summed E-state index contributed by atoms with van der Waals surface area (Å²) in [6.07, 6.45) is 0.744. The molecular formula is C11H12N2O. The minimum atomic E-state index is -0.479. The van der Waals surface area contributed by atoms with Crippen LogP contribution in [0.15, 0.2) is 24.3 Å². The summed E-state index contributed by atoms with van der Waals surface area (Å²) in [6, 6.07) is 9.59. The molecule has 3 heteroatoms. The van der Waals surface area contributed by atoms with Crippen LogP contribution >= 0.6 is 0 Å². The zero-order valence-electron chi connectivity index (χ0n) is 7.77. The molecule has 2 rings (SSSR count). The van der Waals surface area contributed by atoms with Crippen LogP contribution in [0.1, 0.15) is 18.4 Å². The van der Waals surface area contributed by atoms with Crippen LogP contribution in [0, 0.1) is 11.3 Å². The monoisotopic (exact) mass is 188 g/mol. The maximum absolute atomic E-state index is 9.25. The van der Waals surface area contributed by atoms with E-state index < -0.39 is 5.41 Å². The summed E-state index contributed by atoms with van der Waals surface area (Å²) in [5.41, 5.74) is 6.74. The zero-order chi connectivity index (χ0) is 10.2. The Bertz CT molecular complexity index is 371. The van der Waals surface area contributed by atoms with Crippen LogP contribution in [0.2, 0.25) is 0 Å². The van der Waals surface area contributed by atoms with Gasteiger partial charge in [0.05, 0.1) is 17.6 Å². The van der Waals surface area contributed by atoms with Gasteiger partial charge >= 0.3 is 0 Å². The molecule has 1 saturated carbocycles. The molecule has 1 aromatic carbocycles. The van der Waals surface area contributed by atoms with E-state index in [1.54, 1.807) is 12.1 Å². The largest absolute Gasteiger partial charge is 0.399 e. The molecule has 0 radical (unpaired) electrons. The molecule has 0 aromatic heterocycles. The van der Waals surface area contributed by atoms with Crippen LogP contribution in [-0.4, -0.2) is 11.2 Å². The Morgan fingerprint density at radius 1 is 1.36 bits per heavy atom. The highest BCUT2D eigenvalue weighted by Gasteiger charge is 2.45. The highest BCUT2D eigenvalue weighted by molar-refractivity contribution is 5.45. The molecule has 0 amide bonds. The number of rotatable bonds is 1. The van der Waals surface area contributed by atoms with Gasteiger partial charge in [0.1, 0.15) is 0 Å². The van der Waals surface area contributed by atoms with Crippen molar-refractivity contribution in [2.24, 2.45) is 0 Å². The average molecular weight is 188 g/mol. The molecule has 3 N–H and O–H groups in total. The van der Waals surface area contributed by atoms with Crippen LogP contribution in [0.5, 0.6) is 0 Å². The van der Waals surface area contributed by atoms with Crippen LogP contribution < -0.4 is 5.73 Å². The number of hydrogen-bond acceptors (Lipinski definition) is 3. The number of nitrogen functional groups attached to an aromatic ring is 1. The second kappa shape index (κ2) is 3.00. The smallest absolute Gasteiger partial charge is 0.0871 e. The van der Waals surface area contributed by atoms with E-state index in [0.717, 1.165) is 5.56 Å². The van der Waals surface area contributed by atoms with E-state index in [0.29, 0.717) is 18.5 Å². The van der Waals surface area contributed by atoms with Crippen LogP contribution in [0.3, 0.4) is 0 Å². The van der Waals surface area contributed by atoms with Crippen molar-refractivity contribution in [1.29, 1.82) is 5.26 Å². The molecule has 0 spiro atoms. The van der Waals surface area contributed by atoms with Crippen LogP contribution in [0.25, 0.3) is 0 Å². The third-order valence-electron chi connectivity index (χ3n) is 2.85. The van der Waals surface area contributed by atoms with E-state index >= 15 is 0 Å². The molecule has 14 heavy (non-hydrogen) atoms. The minimum absolute atomic E-state index is 0.327. The summed E-state index contributed by atoms with van der Waals surface area (Å²) in [7, 11) is 0. The van der Waals surface area contributed by atoms with Gasteiger partial charge in [0.25, 0.3) is 0 Å². The lowest BCUT2D eigenvalue weighted by Crippen LogP contribution is -2.43. The van der Waals surface area contributed by atoms with Gasteiger partial charge in [-0.3, -0.25) is 0 Å². The van der Waals surface area contributed by atoms with Gasteiger partial charge in [-0.25, -0.2) is 0 Å². The van der Waals surface area contributed by atoms with E-state index in [-0.39, 0.29) is 6.10 Å². The molecule has 1 aromatic rings. The van der Waals surface area contributed by atoms with Crippen molar-refractivity contribution < 1.29 is 5.11 Å². The molecular weight excluding hydrogens is 176 g/mol. The number of anilines is 1. The molecule has 0 aliphatic heterocycles. The third kappa shape index (κ3) is 1.24. The first-order chi connectivity index (χ1) is 6.66. The molecule has 3 nitrogen and oxygen atoms in total. The van der Waals surface area contributed by atoms with Gasteiger partial charge in [-0.1, -0.05) is 12.1 Å². The first-order valence-corrected chi connectivity index (χ1v) is 4.62. The fourth-order valence-corrected chi connectivity index (χ4v) is 1.94. The Balaban J connectivity index is 2.31. The number of aliphatic hydroxyl groups excluding tert-OH is 1. The van der Waals surface area contributed by atoms with Gasteiger partial charge in [-0.15, -0.1) is 0 Å². The van der Waals surface area contributed by atoms with E-state index in [1.165, 1.54) is 0 Å². The Hall–Kier alpha value is -1.53. The average Bonchev–Trinajstić information content (AvgIpc) is 2.14. The first kappa shape index (κ1) is 9.04. The number of nitriles is 1. The Kier molecular flexibility index (Phi) is 1.94. The Labute approximate surface area is 82.8 Å². The standard InChI is InChI=1S/C11H12N2O/c12-7-11(5-10(14)6-11)8-1-3-9(13)4-2-8/h1-4,10,14H,5-6,13H2. The number of nitrogens with zero attached hydrogens (tertiary/aromatic N) is 1. The van der Waals surface area contributed by atoms with Crippen LogP contribution in [-0.2, 0) is 5.41 Å².